The Morgan fingerprint density at radius 1 is 1.33 bits per heavy atom. The van der Waals surface area contributed by atoms with E-state index in [4.69, 9.17) is 4.74 Å². The lowest BCUT2D eigenvalue weighted by molar-refractivity contribution is 0.0592. The van der Waals surface area contributed by atoms with Crippen molar-refractivity contribution in [1.29, 1.82) is 0 Å². The smallest absolute Gasteiger partial charge is 0.359 e. The second-order valence-corrected chi connectivity index (χ2v) is 5.25. The maximum atomic E-state index is 11.6. The summed E-state index contributed by atoms with van der Waals surface area (Å²) in [6, 6.07) is 7.66. The summed E-state index contributed by atoms with van der Waals surface area (Å²) in [5.41, 5.74) is 1.97. The zero-order chi connectivity index (χ0) is 13.3. The average Bonchev–Trinajstić information content (AvgIpc) is 2.67. The highest BCUT2D eigenvalue weighted by Crippen LogP contribution is 2.27. The summed E-state index contributed by atoms with van der Waals surface area (Å²) in [7, 11) is 1.33. The van der Waals surface area contributed by atoms with Crippen LogP contribution in [0.3, 0.4) is 0 Å². The third-order valence-electron chi connectivity index (χ3n) is 2.50. The van der Waals surface area contributed by atoms with Gasteiger partial charge < -0.3 is 4.74 Å². The molecule has 0 amide bonds. The van der Waals surface area contributed by atoms with Crippen molar-refractivity contribution < 1.29 is 9.53 Å². The summed E-state index contributed by atoms with van der Waals surface area (Å²) in [6.45, 7) is 1.88. The van der Waals surface area contributed by atoms with Crippen molar-refractivity contribution in [3.05, 3.63) is 44.6 Å². The molecular formula is C12H10Br2N2O2. The van der Waals surface area contributed by atoms with Crippen LogP contribution in [-0.2, 0) is 4.74 Å². The first-order valence-corrected chi connectivity index (χ1v) is 6.73. The zero-order valence-electron chi connectivity index (χ0n) is 9.78. The van der Waals surface area contributed by atoms with Gasteiger partial charge in [0, 0.05) is 4.47 Å². The Morgan fingerprint density at radius 3 is 2.61 bits per heavy atom. The van der Waals surface area contributed by atoms with E-state index in [1.807, 2.05) is 31.2 Å². The second-order valence-electron chi connectivity index (χ2n) is 3.60. The van der Waals surface area contributed by atoms with Crippen LogP contribution in [0.5, 0.6) is 0 Å². The Hall–Kier alpha value is -1.14. The number of rotatable bonds is 2. The topological polar surface area (TPSA) is 44.1 Å². The van der Waals surface area contributed by atoms with E-state index in [1.165, 1.54) is 7.11 Å². The number of esters is 1. The van der Waals surface area contributed by atoms with E-state index in [0.29, 0.717) is 4.47 Å². The van der Waals surface area contributed by atoms with E-state index in [0.717, 1.165) is 15.9 Å². The van der Waals surface area contributed by atoms with Crippen LogP contribution in [0.1, 0.15) is 16.2 Å². The molecule has 18 heavy (non-hydrogen) atoms. The first kappa shape index (κ1) is 13.3. The zero-order valence-corrected chi connectivity index (χ0v) is 12.9. The molecule has 0 bridgehead atoms. The van der Waals surface area contributed by atoms with Crippen LogP contribution in [-0.4, -0.2) is 22.9 Å². The first-order valence-electron chi connectivity index (χ1n) is 5.14. The molecule has 0 aliphatic heterocycles. The van der Waals surface area contributed by atoms with Gasteiger partial charge in [-0.05, 0) is 50.9 Å². The summed E-state index contributed by atoms with van der Waals surface area (Å²) in [5.74, 6) is -0.462. The number of nitrogens with zero attached hydrogens (tertiary/aromatic N) is 2. The number of para-hydroxylation sites is 1. The molecule has 4 nitrogen and oxygen atoms in total. The maximum absolute atomic E-state index is 11.6. The van der Waals surface area contributed by atoms with E-state index < -0.39 is 5.97 Å². The number of halogens is 2. The van der Waals surface area contributed by atoms with Gasteiger partial charge >= 0.3 is 5.97 Å². The van der Waals surface area contributed by atoms with Crippen molar-refractivity contribution in [2.75, 3.05) is 7.11 Å². The lowest BCUT2D eigenvalue weighted by atomic mass is 10.3. The molecule has 0 N–H and O–H groups in total. The minimum absolute atomic E-state index is 0.269. The van der Waals surface area contributed by atoms with Gasteiger partial charge in [-0.2, -0.15) is 5.10 Å². The molecule has 6 heteroatoms. The van der Waals surface area contributed by atoms with Crippen molar-refractivity contribution in [3.8, 4) is 5.69 Å². The highest BCUT2D eigenvalue weighted by molar-refractivity contribution is 9.11. The van der Waals surface area contributed by atoms with Crippen LogP contribution in [0.2, 0.25) is 0 Å². The second kappa shape index (κ2) is 5.24. The predicted octanol–water partition coefficient (Wildman–Crippen LogP) is 3.49. The summed E-state index contributed by atoms with van der Waals surface area (Å²) in [5, 5.41) is 4.28. The largest absolute Gasteiger partial charge is 0.464 e. The average molecular weight is 374 g/mol. The number of hydrogen-bond donors (Lipinski definition) is 0. The molecule has 0 spiro atoms. The fourth-order valence-corrected chi connectivity index (χ4v) is 2.43. The van der Waals surface area contributed by atoms with Crippen molar-refractivity contribution in [2.24, 2.45) is 0 Å². The lowest BCUT2D eigenvalue weighted by Gasteiger charge is -2.06. The molecule has 94 valence electrons. The Labute approximate surface area is 121 Å². The molecule has 0 unspecified atom stereocenters. The van der Waals surface area contributed by atoms with E-state index >= 15 is 0 Å². The monoisotopic (exact) mass is 372 g/mol. The van der Waals surface area contributed by atoms with Gasteiger partial charge in [0.2, 0.25) is 0 Å². The standard InChI is InChI=1S/C12H10Br2N2O2/c1-7-10(14)11(12(17)18-2)15-16(7)9-6-4-3-5-8(9)13/h3-6H,1-2H3. The van der Waals surface area contributed by atoms with Crippen molar-refractivity contribution in [2.45, 2.75) is 6.92 Å². The van der Waals surface area contributed by atoms with E-state index in [-0.39, 0.29) is 5.69 Å². The fraction of sp³-hybridized carbons (Fsp3) is 0.167. The lowest BCUT2D eigenvalue weighted by Crippen LogP contribution is -2.05. The fourth-order valence-electron chi connectivity index (χ4n) is 1.57. The van der Waals surface area contributed by atoms with Gasteiger partial charge in [0.15, 0.2) is 5.69 Å². The van der Waals surface area contributed by atoms with E-state index in [1.54, 1.807) is 4.68 Å². The Kier molecular flexibility index (Phi) is 3.87. The maximum Gasteiger partial charge on any atom is 0.359 e. The molecule has 2 rings (SSSR count). The molecule has 0 aliphatic carbocycles. The molecule has 0 atom stereocenters. The third-order valence-corrected chi connectivity index (χ3v) is 4.12. The van der Waals surface area contributed by atoms with Crippen LogP contribution >= 0.6 is 31.9 Å². The van der Waals surface area contributed by atoms with Crippen LogP contribution in [0.15, 0.2) is 33.2 Å². The van der Waals surface area contributed by atoms with Gasteiger partial charge in [0.25, 0.3) is 0 Å². The summed E-state index contributed by atoms with van der Waals surface area (Å²) in [6.07, 6.45) is 0. The molecule has 1 aromatic carbocycles. The van der Waals surface area contributed by atoms with Gasteiger partial charge in [-0.3, -0.25) is 0 Å². The number of carbonyl (C=O) groups excluding carboxylic acids is 1. The number of aromatic nitrogens is 2. The minimum atomic E-state index is -0.462. The van der Waals surface area contributed by atoms with Crippen molar-refractivity contribution >= 4 is 37.8 Å². The van der Waals surface area contributed by atoms with Gasteiger partial charge in [-0.15, -0.1) is 0 Å². The highest BCUT2D eigenvalue weighted by atomic mass is 79.9. The van der Waals surface area contributed by atoms with Crippen molar-refractivity contribution in [1.82, 2.24) is 9.78 Å². The third kappa shape index (κ3) is 2.22. The molecule has 0 saturated carbocycles. The quantitative estimate of drug-likeness (QED) is 0.757. The molecule has 0 fully saturated rings. The molecule has 1 heterocycles. The van der Waals surface area contributed by atoms with Gasteiger partial charge in [-0.25, -0.2) is 9.48 Å². The molecule has 0 radical (unpaired) electrons. The number of methoxy groups -OCH3 is 1. The van der Waals surface area contributed by atoms with Crippen LogP contribution < -0.4 is 0 Å². The first-order chi connectivity index (χ1) is 8.56. The predicted molar refractivity (Wildman–Crippen MR) is 75.0 cm³/mol. The van der Waals surface area contributed by atoms with Gasteiger partial charge in [0.05, 0.1) is 23.0 Å². The number of hydrogen-bond acceptors (Lipinski definition) is 3. The Morgan fingerprint density at radius 2 is 2.00 bits per heavy atom. The molecule has 1 aromatic heterocycles. The summed E-state index contributed by atoms with van der Waals surface area (Å²) < 4.78 is 7.94. The summed E-state index contributed by atoms with van der Waals surface area (Å²) >= 11 is 6.83. The number of ether oxygens (including phenoxy) is 1. The molecule has 0 aliphatic rings. The summed E-state index contributed by atoms with van der Waals surface area (Å²) in [4.78, 5) is 11.6. The van der Waals surface area contributed by atoms with Crippen LogP contribution in [0.4, 0.5) is 0 Å². The Balaban J connectivity index is 2.60. The van der Waals surface area contributed by atoms with Gasteiger partial charge in [0.1, 0.15) is 0 Å². The van der Waals surface area contributed by atoms with E-state index in [2.05, 4.69) is 37.0 Å². The number of benzene rings is 1. The Bertz CT molecular complexity index is 608. The minimum Gasteiger partial charge on any atom is -0.464 e. The highest BCUT2D eigenvalue weighted by Gasteiger charge is 2.20. The molecular weight excluding hydrogens is 364 g/mol. The van der Waals surface area contributed by atoms with Crippen LogP contribution in [0.25, 0.3) is 5.69 Å². The molecule has 0 saturated heterocycles. The van der Waals surface area contributed by atoms with E-state index in [9.17, 15) is 4.79 Å². The van der Waals surface area contributed by atoms with Crippen LogP contribution in [0, 0.1) is 6.92 Å². The molecule has 2 aromatic rings. The number of carbonyl (C=O) groups is 1. The van der Waals surface area contributed by atoms with Gasteiger partial charge in [-0.1, -0.05) is 12.1 Å². The SMILES string of the molecule is COC(=O)c1nn(-c2ccccc2Br)c(C)c1Br. The normalized spacial score (nSPS) is 10.4. The van der Waals surface area contributed by atoms with Crippen molar-refractivity contribution in [3.63, 3.8) is 0 Å².